The maximum atomic E-state index is 13.1. The van der Waals surface area contributed by atoms with Crippen LogP contribution in [-0.4, -0.2) is 31.6 Å². The van der Waals surface area contributed by atoms with Crippen LogP contribution < -0.4 is 5.32 Å². The van der Waals surface area contributed by atoms with Crippen molar-refractivity contribution in [3.8, 4) is 0 Å². The topological polar surface area (TPSA) is 15.3 Å². The van der Waals surface area contributed by atoms with Crippen LogP contribution in [0.2, 0.25) is 0 Å². The molecule has 0 amide bonds. The highest BCUT2D eigenvalue weighted by Gasteiger charge is 2.18. The molecule has 1 aliphatic rings. The molecule has 2 rings (SSSR count). The average molecular weight is 208 g/mol. The quantitative estimate of drug-likeness (QED) is 0.757. The smallest absolute Gasteiger partial charge is 0.123 e. The lowest BCUT2D eigenvalue weighted by Crippen LogP contribution is -2.26. The van der Waals surface area contributed by atoms with Crippen LogP contribution in [0.25, 0.3) is 0 Å². The largest absolute Gasteiger partial charge is 0.315 e. The zero-order chi connectivity index (χ0) is 10.7. The molecule has 1 atom stereocenters. The normalized spacial score (nSPS) is 23.7. The van der Waals surface area contributed by atoms with Crippen LogP contribution in [0.3, 0.4) is 0 Å². The maximum Gasteiger partial charge on any atom is 0.123 e. The minimum absolute atomic E-state index is 0.141. The third kappa shape index (κ3) is 2.55. The first kappa shape index (κ1) is 10.6. The summed E-state index contributed by atoms with van der Waals surface area (Å²) < 4.78 is 13.1. The van der Waals surface area contributed by atoms with E-state index in [2.05, 4.69) is 17.3 Å². The van der Waals surface area contributed by atoms with Crippen LogP contribution >= 0.6 is 0 Å². The zero-order valence-corrected chi connectivity index (χ0v) is 9.04. The van der Waals surface area contributed by atoms with E-state index in [0.29, 0.717) is 6.04 Å². The summed E-state index contributed by atoms with van der Waals surface area (Å²) in [6.45, 7) is 3.04. The Morgan fingerprint density at radius 3 is 3.07 bits per heavy atom. The standard InChI is InChI=1S/C12H17FN2/c1-15-8-7-14-6-5-12(15)10-3-2-4-11(13)9-10/h2-4,9,12,14H,5-8H2,1H3. The third-order valence-corrected chi connectivity index (χ3v) is 3.00. The highest BCUT2D eigenvalue weighted by molar-refractivity contribution is 5.20. The van der Waals surface area contributed by atoms with Crippen molar-refractivity contribution in [3.63, 3.8) is 0 Å². The van der Waals surface area contributed by atoms with Gasteiger partial charge in [-0.3, -0.25) is 4.90 Å². The number of nitrogens with zero attached hydrogens (tertiary/aromatic N) is 1. The molecule has 3 heteroatoms. The first-order valence-corrected chi connectivity index (χ1v) is 5.44. The van der Waals surface area contributed by atoms with Crippen molar-refractivity contribution in [1.29, 1.82) is 0 Å². The summed E-state index contributed by atoms with van der Waals surface area (Å²) in [7, 11) is 2.10. The molecule has 0 radical (unpaired) electrons. The van der Waals surface area contributed by atoms with E-state index in [1.54, 1.807) is 12.1 Å². The molecule has 1 aromatic rings. The predicted octanol–water partition coefficient (Wildman–Crippen LogP) is 1.79. The minimum atomic E-state index is -0.141. The van der Waals surface area contributed by atoms with E-state index in [-0.39, 0.29) is 5.82 Å². The lowest BCUT2D eigenvalue weighted by Gasteiger charge is -2.25. The molecule has 82 valence electrons. The van der Waals surface area contributed by atoms with Crippen molar-refractivity contribution >= 4 is 0 Å². The Balaban J connectivity index is 2.20. The fraction of sp³-hybridized carbons (Fsp3) is 0.500. The van der Waals surface area contributed by atoms with E-state index in [1.807, 2.05) is 6.07 Å². The van der Waals surface area contributed by atoms with E-state index in [0.717, 1.165) is 31.6 Å². The van der Waals surface area contributed by atoms with Crippen LogP contribution in [0.5, 0.6) is 0 Å². The fourth-order valence-corrected chi connectivity index (χ4v) is 2.13. The minimum Gasteiger partial charge on any atom is -0.315 e. The van der Waals surface area contributed by atoms with Crippen molar-refractivity contribution in [2.24, 2.45) is 0 Å². The number of hydrogen-bond acceptors (Lipinski definition) is 2. The van der Waals surface area contributed by atoms with Gasteiger partial charge in [0.25, 0.3) is 0 Å². The first-order valence-electron chi connectivity index (χ1n) is 5.44. The van der Waals surface area contributed by atoms with Crippen molar-refractivity contribution < 1.29 is 4.39 Å². The van der Waals surface area contributed by atoms with Crippen LogP contribution in [0.1, 0.15) is 18.0 Å². The van der Waals surface area contributed by atoms with Gasteiger partial charge in [0.15, 0.2) is 0 Å². The number of rotatable bonds is 1. The van der Waals surface area contributed by atoms with Crippen molar-refractivity contribution in [1.82, 2.24) is 10.2 Å². The Morgan fingerprint density at radius 1 is 1.40 bits per heavy atom. The molecule has 1 saturated heterocycles. The average Bonchev–Trinajstić information content (AvgIpc) is 2.43. The van der Waals surface area contributed by atoms with Crippen molar-refractivity contribution in [2.75, 3.05) is 26.7 Å². The van der Waals surface area contributed by atoms with Gasteiger partial charge in [-0.2, -0.15) is 0 Å². The molecule has 1 aliphatic heterocycles. The number of benzene rings is 1. The monoisotopic (exact) mass is 208 g/mol. The molecule has 15 heavy (non-hydrogen) atoms. The Bertz CT molecular complexity index is 327. The summed E-state index contributed by atoms with van der Waals surface area (Å²) in [5.41, 5.74) is 1.08. The summed E-state index contributed by atoms with van der Waals surface area (Å²) in [4.78, 5) is 2.29. The number of nitrogens with one attached hydrogen (secondary N) is 1. The van der Waals surface area contributed by atoms with Gasteiger partial charge in [-0.25, -0.2) is 4.39 Å². The summed E-state index contributed by atoms with van der Waals surface area (Å²) in [5, 5.41) is 3.36. The second-order valence-electron chi connectivity index (χ2n) is 4.09. The van der Waals surface area contributed by atoms with Gasteiger partial charge < -0.3 is 5.32 Å². The van der Waals surface area contributed by atoms with E-state index in [9.17, 15) is 4.39 Å². The molecule has 2 nitrogen and oxygen atoms in total. The van der Waals surface area contributed by atoms with Gasteiger partial charge in [-0.15, -0.1) is 0 Å². The van der Waals surface area contributed by atoms with Gasteiger partial charge in [0.1, 0.15) is 5.82 Å². The molecule has 1 aromatic carbocycles. The Kier molecular flexibility index (Phi) is 3.34. The fourth-order valence-electron chi connectivity index (χ4n) is 2.13. The molecule has 0 spiro atoms. The Labute approximate surface area is 90.1 Å². The molecule has 0 aliphatic carbocycles. The Hall–Kier alpha value is -0.930. The van der Waals surface area contributed by atoms with Gasteiger partial charge in [-0.05, 0) is 37.7 Å². The van der Waals surface area contributed by atoms with Gasteiger partial charge in [-0.1, -0.05) is 12.1 Å². The summed E-state index contributed by atoms with van der Waals surface area (Å²) >= 11 is 0. The second kappa shape index (κ2) is 4.73. The lowest BCUT2D eigenvalue weighted by atomic mass is 10.0. The van der Waals surface area contributed by atoms with E-state index < -0.39 is 0 Å². The SMILES string of the molecule is CN1CCNCCC1c1cccc(F)c1. The number of likely N-dealkylation sites (N-methyl/N-ethyl adjacent to an activating group) is 1. The maximum absolute atomic E-state index is 13.1. The van der Waals surface area contributed by atoms with Crippen LogP contribution in [0.15, 0.2) is 24.3 Å². The Morgan fingerprint density at radius 2 is 2.27 bits per heavy atom. The molecule has 1 fully saturated rings. The summed E-state index contributed by atoms with van der Waals surface area (Å²) in [5.74, 6) is -0.141. The third-order valence-electron chi connectivity index (χ3n) is 3.00. The highest BCUT2D eigenvalue weighted by Crippen LogP contribution is 2.23. The predicted molar refractivity (Wildman–Crippen MR) is 59.3 cm³/mol. The van der Waals surface area contributed by atoms with Gasteiger partial charge in [0, 0.05) is 19.1 Å². The van der Waals surface area contributed by atoms with Gasteiger partial charge in [0.2, 0.25) is 0 Å². The molecule has 0 saturated carbocycles. The van der Waals surface area contributed by atoms with Crippen molar-refractivity contribution in [2.45, 2.75) is 12.5 Å². The van der Waals surface area contributed by atoms with Crippen LogP contribution in [0, 0.1) is 5.82 Å². The van der Waals surface area contributed by atoms with Crippen LogP contribution in [-0.2, 0) is 0 Å². The highest BCUT2D eigenvalue weighted by atomic mass is 19.1. The van der Waals surface area contributed by atoms with Gasteiger partial charge in [0.05, 0.1) is 0 Å². The van der Waals surface area contributed by atoms with E-state index in [4.69, 9.17) is 0 Å². The van der Waals surface area contributed by atoms with Crippen LogP contribution in [0.4, 0.5) is 4.39 Å². The summed E-state index contributed by atoms with van der Waals surface area (Å²) in [6.07, 6.45) is 1.04. The molecule has 1 N–H and O–H groups in total. The molecular formula is C12H17FN2. The van der Waals surface area contributed by atoms with Gasteiger partial charge >= 0.3 is 0 Å². The lowest BCUT2D eigenvalue weighted by molar-refractivity contribution is 0.258. The zero-order valence-electron chi connectivity index (χ0n) is 9.04. The number of hydrogen-bond donors (Lipinski definition) is 1. The molecule has 1 unspecified atom stereocenters. The van der Waals surface area contributed by atoms with Crippen molar-refractivity contribution in [3.05, 3.63) is 35.6 Å². The number of halogens is 1. The molecule has 1 heterocycles. The molecule has 0 bridgehead atoms. The second-order valence-corrected chi connectivity index (χ2v) is 4.09. The first-order chi connectivity index (χ1) is 7.27. The molecular weight excluding hydrogens is 191 g/mol. The van der Waals surface area contributed by atoms with E-state index >= 15 is 0 Å². The van der Waals surface area contributed by atoms with E-state index in [1.165, 1.54) is 6.07 Å². The molecule has 0 aromatic heterocycles. The summed E-state index contributed by atoms with van der Waals surface area (Å²) in [6, 6.07) is 7.29.